The topological polar surface area (TPSA) is 46.5 Å². The molecule has 0 radical (unpaired) electrons. The molecule has 1 aromatic carbocycles. The minimum atomic E-state index is -1.64. The van der Waals surface area contributed by atoms with E-state index in [2.05, 4.69) is 0 Å². The second kappa shape index (κ2) is 6.72. The molecule has 21 heavy (non-hydrogen) atoms. The summed E-state index contributed by atoms with van der Waals surface area (Å²) in [4.78, 5) is 12.0. The Morgan fingerprint density at radius 1 is 1.29 bits per heavy atom. The van der Waals surface area contributed by atoms with E-state index in [-0.39, 0.29) is 5.92 Å². The Balaban J connectivity index is 2.00. The van der Waals surface area contributed by atoms with Crippen molar-refractivity contribution in [3.63, 3.8) is 0 Å². The number of ether oxygens (including phenoxy) is 1. The molecular formula is C18H22O3. The molecule has 2 rings (SSSR count). The quantitative estimate of drug-likeness (QED) is 0.668. The van der Waals surface area contributed by atoms with Crippen LogP contribution in [0.25, 0.3) is 0 Å². The number of esters is 1. The molecule has 0 bridgehead atoms. The van der Waals surface area contributed by atoms with Gasteiger partial charge in [-0.05, 0) is 23.6 Å². The molecule has 0 heterocycles. The maximum Gasteiger partial charge on any atom is 0.346 e. The summed E-state index contributed by atoms with van der Waals surface area (Å²) in [6.45, 7) is 4.38. The molecule has 1 atom stereocenters. The van der Waals surface area contributed by atoms with E-state index in [9.17, 15) is 9.90 Å². The Kier molecular flexibility index (Phi) is 4.97. The average molecular weight is 286 g/mol. The van der Waals surface area contributed by atoms with E-state index in [0.717, 1.165) is 12.0 Å². The molecule has 0 saturated heterocycles. The van der Waals surface area contributed by atoms with Crippen molar-refractivity contribution in [2.75, 3.05) is 6.61 Å². The second-order valence-electron chi connectivity index (χ2n) is 5.59. The van der Waals surface area contributed by atoms with E-state index >= 15 is 0 Å². The van der Waals surface area contributed by atoms with Crippen molar-refractivity contribution in [2.24, 2.45) is 5.92 Å². The highest BCUT2D eigenvalue weighted by molar-refractivity contribution is 5.85. The van der Waals surface area contributed by atoms with Gasteiger partial charge in [-0.2, -0.15) is 0 Å². The van der Waals surface area contributed by atoms with Crippen molar-refractivity contribution in [1.29, 1.82) is 0 Å². The molecule has 112 valence electrons. The normalized spacial score (nSPS) is 25.6. The van der Waals surface area contributed by atoms with Gasteiger partial charge in [-0.15, -0.1) is 0 Å². The summed E-state index contributed by atoms with van der Waals surface area (Å²) < 4.78 is 5.19. The van der Waals surface area contributed by atoms with Gasteiger partial charge < -0.3 is 9.84 Å². The van der Waals surface area contributed by atoms with Crippen molar-refractivity contribution < 1.29 is 14.6 Å². The van der Waals surface area contributed by atoms with Crippen molar-refractivity contribution in [3.8, 4) is 0 Å². The monoisotopic (exact) mass is 286 g/mol. The molecule has 1 N–H and O–H groups in total. The lowest BCUT2D eigenvalue weighted by atomic mass is 9.88. The Morgan fingerprint density at radius 3 is 2.48 bits per heavy atom. The van der Waals surface area contributed by atoms with E-state index in [1.807, 2.05) is 56.3 Å². The van der Waals surface area contributed by atoms with Crippen LogP contribution in [0.15, 0.2) is 54.6 Å². The molecule has 3 nitrogen and oxygen atoms in total. The van der Waals surface area contributed by atoms with Crippen LogP contribution in [-0.4, -0.2) is 23.3 Å². The predicted octanol–water partition coefficient (Wildman–Crippen LogP) is 3.22. The van der Waals surface area contributed by atoms with Gasteiger partial charge in [-0.1, -0.05) is 62.8 Å². The van der Waals surface area contributed by atoms with Gasteiger partial charge in [0, 0.05) is 5.92 Å². The van der Waals surface area contributed by atoms with Crippen LogP contribution in [0, 0.1) is 5.92 Å². The minimum absolute atomic E-state index is 0.0776. The number of hydrogen-bond donors (Lipinski definition) is 1. The summed E-state index contributed by atoms with van der Waals surface area (Å²) in [6, 6.07) is 9.94. The predicted molar refractivity (Wildman–Crippen MR) is 82.8 cm³/mol. The van der Waals surface area contributed by atoms with Gasteiger partial charge in [0.1, 0.15) is 0 Å². The summed E-state index contributed by atoms with van der Waals surface area (Å²) in [6.07, 6.45) is 7.64. The smallest absolute Gasteiger partial charge is 0.346 e. The van der Waals surface area contributed by atoms with Crippen molar-refractivity contribution in [1.82, 2.24) is 0 Å². The average Bonchev–Trinajstić information content (AvgIpc) is 2.53. The Morgan fingerprint density at radius 2 is 1.90 bits per heavy atom. The molecule has 3 heteroatoms. The maximum atomic E-state index is 12.0. The highest BCUT2D eigenvalue weighted by Gasteiger charge is 2.34. The van der Waals surface area contributed by atoms with Crippen molar-refractivity contribution in [2.45, 2.75) is 31.8 Å². The van der Waals surface area contributed by atoms with E-state index in [1.54, 1.807) is 0 Å². The summed E-state index contributed by atoms with van der Waals surface area (Å²) in [5.74, 6) is -0.234. The molecule has 1 aliphatic rings. The molecule has 0 saturated carbocycles. The van der Waals surface area contributed by atoms with Crippen LogP contribution in [0.1, 0.15) is 31.7 Å². The zero-order valence-electron chi connectivity index (χ0n) is 12.5. The Labute approximate surface area is 125 Å². The zero-order valence-corrected chi connectivity index (χ0v) is 12.5. The van der Waals surface area contributed by atoms with Gasteiger partial charge in [0.25, 0.3) is 0 Å². The third-order valence-electron chi connectivity index (χ3n) is 3.82. The highest BCUT2D eigenvalue weighted by Crippen LogP contribution is 2.27. The third-order valence-corrected chi connectivity index (χ3v) is 3.82. The maximum absolute atomic E-state index is 12.0. The van der Waals surface area contributed by atoms with Crippen LogP contribution in [0.2, 0.25) is 0 Å². The lowest BCUT2D eigenvalue weighted by molar-refractivity contribution is -0.157. The van der Waals surface area contributed by atoms with E-state index in [4.69, 9.17) is 4.74 Å². The lowest BCUT2D eigenvalue weighted by Crippen LogP contribution is -2.38. The van der Waals surface area contributed by atoms with Crippen LogP contribution in [0.4, 0.5) is 0 Å². The fourth-order valence-corrected chi connectivity index (χ4v) is 2.11. The fraction of sp³-hybridized carbons (Fsp3) is 0.389. The van der Waals surface area contributed by atoms with Crippen LogP contribution in [-0.2, 0) is 9.53 Å². The molecule has 0 aliphatic heterocycles. The Bertz CT molecular complexity index is 517. The lowest BCUT2D eigenvalue weighted by Gasteiger charge is -2.24. The molecule has 0 spiro atoms. The highest BCUT2D eigenvalue weighted by atomic mass is 16.5. The number of allylic oxidation sites excluding steroid dienone is 2. The molecule has 1 unspecified atom stereocenters. The number of carbonyl (C=O) groups excluding carboxylic acids is 1. The first-order chi connectivity index (χ1) is 10.0. The van der Waals surface area contributed by atoms with Gasteiger partial charge in [0.2, 0.25) is 0 Å². The van der Waals surface area contributed by atoms with E-state index in [1.165, 1.54) is 12.2 Å². The molecule has 1 aromatic rings. The van der Waals surface area contributed by atoms with Gasteiger partial charge in [0.05, 0.1) is 6.61 Å². The first kappa shape index (κ1) is 15.5. The van der Waals surface area contributed by atoms with E-state index < -0.39 is 11.6 Å². The number of rotatable bonds is 5. The summed E-state index contributed by atoms with van der Waals surface area (Å²) in [5, 5.41) is 10.3. The zero-order chi connectivity index (χ0) is 15.3. The van der Waals surface area contributed by atoms with Gasteiger partial charge in [-0.25, -0.2) is 4.79 Å². The van der Waals surface area contributed by atoms with Crippen LogP contribution in [0.3, 0.4) is 0 Å². The summed E-state index contributed by atoms with van der Waals surface area (Å²) >= 11 is 0. The standard InChI is InChI=1S/C18H22O3/c1-3-14(2)13-21-17(19)18(20)11-9-16(10-12-18)15-7-5-4-6-8-15/h4-12,14,16,20H,3,13H2,1-2H3. The largest absolute Gasteiger partial charge is 0.463 e. The van der Waals surface area contributed by atoms with Gasteiger partial charge in [0.15, 0.2) is 5.60 Å². The van der Waals surface area contributed by atoms with Gasteiger partial charge in [-0.3, -0.25) is 0 Å². The minimum Gasteiger partial charge on any atom is -0.463 e. The molecule has 0 fully saturated rings. The van der Waals surface area contributed by atoms with Crippen LogP contribution < -0.4 is 0 Å². The molecule has 0 amide bonds. The summed E-state index contributed by atoms with van der Waals surface area (Å²) in [5.41, 5.74) is -0.515. The van der Waals surface area contributed by atoms with Crippen LogP contribution in [0.5, 0.6) is 0 Å². The Hall–Kier alpha value is -1.87. The van der Waals surface area contributed by atoms with Gasteiger partial charge >= 0.3 is 5.97 Å². The third kappa shape index (κ3) is 3.82. The SMILES string of the molecule is CCC(C)COC(=O)C1(O)C=CC(c2ccccc2)C=C1. The molecular weight excluding hydrogens is 264 g/mol. The fourth-order valence-electron chi connectivity index (χ4n) is 2.11. The number of hydrogen-bond acceptors (Lipinski definition) is 3. The summed E-state index contributed by atoms with van der Waals surface area (Å²) in [7, 11) is 0. The number of aliphatic hydroxyl groups is 1. The number of carbonyl (C=O) groups is 1. The number of benzene rings is 1. The van der Waals surface area contributed by atoms with Crippen LogP contribution >= 0.6 is 0 Å². The molecule has 0 aromatic heterocycles. The van der Waals surface area contributed by atoms with E-state index in [0.29, 0.717) is 12.5 Å². The first-order valence-electron chi connectivity index (χ1n) is 7.38. The second-order valence-corrected chi connectivity index (χ2v) is 5.59. The van der Waals surface area contributed by atoms with Crippen molar-refractivity contribution >= 4 is 5.97 Å². The molecule has 1 aliphatic carbocycles. The van der Waals surface area contributed by atoms with Crippen molar-refractivity contribution in [3.05, 3.63) is 60.2 Å². The first-order valence-corrected chi connectivity index (χ1v) is 7.38.